The molecule has 0 bridgehead atoms. The van der Waals surface area contributed by atoms with Gasteiger partial charge in [0.15, 0.2) is 16.7 Å². The van der Waals surface area contributed by atoms with Crippen LogP contribution < -0.4 is 14.4 Å². The molecule has 1 aliphatic rings. The van der Waals surface area contributed by atoms with Crippen molar-refractivity contribution in [2.24, 2.45) is 0 Å². The van der Waals surface area contributed by atoms with E-state index in [0.29, 0.717) is 17.0 Å². The maximum Gasteiger partial charge on any atom is 0.298 e. The molecule has 1 N–H and O–H groups in total. The average Bonchev–Trinajstić information content (AvgIpc) is 3.16. The first-order valence-electron chi connectivity index (χ1n) is 9.67. The van der Waals surface area contributed by atoms with Gasteiger partial charge in [0.05, 0.1) is 18.0 Å². The van der Waals surface area contributed by atoms with Crippen LogP contribution in [-0.2, 0) is 11.0 Å². The third-order valence-electron chi connectivity index (χ3n) is 5.30. The summed E-state index contributed by atoms with van der Waals surface area (Å²) in [5.74, 6) is -0.993. The lowest BCUT2D eigenvalue weighted by Gasteiger charge is -2.33. The zero-order valence-corrected chi connectivity index (χ0v) is 17.4. The molecule has 0 aliphatic carbocycles. The minimum Gasteiger partial charge on any atom is -0.495 e. The van der Waals surface area contributed by atoms with Gasteiger partial charge in [0.2, 0.25) is 0 Å². The molecule has 1 saturated heterocycles. The van der Waals surface area contributed by atoms with Gasteiger partial charge in [-0.25, -0.2) is 8.60 Å². The van der Waals surface area contributed by atoms with E-state index in [0.717, 1.165) is 24.9 Å². The molecule has 0 spiro atoms. The lowest BCUT2D eigenvalue weighted by molar-refractivity contribution is 0.0958. The molecule has 9 heteroatoms. The van der Waals surface area contributed by atoms with Crippen LogP contribution in [-0.4, -0.2) is 35.3 Å². The number of aromatic nitrogens is 1. The van der Waals surface area contributed by atoms with Crippen LogP contribution in [0.5, 0.6) is 5.75 Å². The third-order valence-corrected chi connectivity index (χ3v) is 6.44. The van der Waals surface area contributed by atoms with Crippen molar-refractivity contribution in [2.45, 2.75) is 11.3 Å². The van der Waals surface area contributed by atoms with Crippen LogP contribution in [0.3, 0.4) is 0 Å². The number of rotatable bonds is 5. The monoisotopic (exact) mass is 439 g/mol. The first-order valence-corrected chi connectivity index (χ1v) is 10.8. The number of carbonyl (C=O) groups is 1. The second-order valence-corrected chi connectivity index (χ2v) is 8.31. The number of ether oxygens (including phenoxy) is 1. The quantitative estimate of drug-likeness (QED) is 0.509. The van der Waals surface area contributed by atoms with Gasteiger partial charge in [0.1, 0.15) is 22.0 Å². The van der Waals surface area contributed by atoms with Crippen LogP contribution in [0.4, 0.5) is 10.1 Å². The van der Waals surface area contributed by atoms with Crippen LogP contribution in [0.2, 0.25) is 0 Å². The van der Waals surface area contributed by atoms with Crippen LogP contribution in [0, 0.1) is 5.82 Å². The van der Waals surface area contributed by atoms with Crippen molar-refractivity contribution < 1.29 is 22.5 Å². The molecule has 1 unspecified atom stereocenters. The Morgan fingerprint density at radius 3 is 2.84 bits per heavy atom. The summed E-state index contributed by atoms with van der Waals surface area (Å²) in [6, 6.07) is 11.5. The normalized spacial score (nSPS) is 14.5. The number of fused-ring (bicyclic) bond motifs is 2. The Hall–Kier alpha value is -3.46. The molecule has 7 nitrogen and oxygen atoms in total. The molecule has 2 aromatic carbocycles. The van der Waals surface area contributed by atoms with Crippen molar-refractivity contribution in [2.75, 3.05) is 25.1 Å². The number of carbonyl (C=O) groups excluding carboxylic acids is 1. The number of pyridine rings is 1. The fourth-order valence-electron chi connectivity index (χ4n) is 3.58. The number of anilines is 1. The molecule has 158 valence electrons. The zero-order chi connectivity index (χ0) is 21.5. The summed E-state index contributed by atoms with van der Waals surface area (Å²) in [5, 5.41) is 0.954. The molecular weight excluding hydrogens is 421 g/mol. The van der Waals surface area contributed by atoms with E-state index >= 15 is 0 Å². The number of nitrogens with one attached hydrogen (secondary N) is 1. The molecule has 31 heavy (non-hydrogen) atoms. The first kappa shape index (κ1) is 19.5. The molecular formula is C22H18FN3O4S. The molecule has 4 aromatic rings. The Bertz CT molecular complexity index is 1350. The molecule has 3 heterocycles. The molecule has 1 atom stereocenters. The minimum absolute atomic E-state index is 0.129. The van der Waals surface area contributed by atoms with E-state index in [4.69, 9.17) is 9.15 Å². The largest absolute Gasteiger partial charge is 0.495 e. The molecule has 0 saturated carbocycles. The Labute approximate surface area is 179 Å². The van der Waals surface area contributed by atoms with Gasteiger partial charge in [-0.3, -0.25) is 14.5 Å². The average molecular weight is 439 g/mol. The molecule has 1 fully saturated rings. The van der Waals surface area contributed by atoms with Crippen LogP contribution in [0.1, 0.15) is 17.0 Å². The molecule has 1 amide bonds. The summed E-state index contributed by atoms with van der Waals surface area (Å²) in [7, 11) is -0.531. The van der Waals surface area contributed by atoms with Crippen LogP contribution in [0.25, 0.3) is 21.9 Å². The van der Waals surface area contributed by atoms with Gasteiger partial charge in [0, 0.05) is 42.5 Å². The number of amides is 1. The summed E-state index contributed by atoms with van der Waals surface area (Å²) in [6.07, 6.45) is 2.63. The summed E-state index contributed by atoms with van der Waals surface area (Å²) < 4.78 is 40.9. The third kappa shape index (κ3) is 3.40. The number of nitrogens with zero attached hydrogens (tertiary/aromatic N) is 2. The summed E-state index contributed by atoms with van der Waals surface area (Å²) in [5.41, 5.74) is 1.44. The predicted octanol–water partition coefficient (Wildman–Crippen LogP) is 3.79. The smallest absolute Gasteiger partial charge is 0.298 e. The lowest BCUT2D eigenvalue weighted by atomic mass is 10.1. The van der Waals surface area contributed by atoms with Gasteiger partial charge in [-0.05, 0) is 30.7 Å². The highest BCUT2D eigenvalue weighted by Crippen LogP contribution is 2.31. The zero-order valence-electron chi connectivity index (χ0n) is 16.6. The van der Waals surface area contributed by atoms with Gasteiger partial charge >= 0.3 is 0 Å². The first-order chi connectivity index (χ1) is 15.0. The van der Waals surface area contributed by atoms with Crippen molar-refractivity contribution in [1.29, 1.82) is 0 Å². The van der Waals surface area contributed by atoms with Gasteiger partial charge in [-0.2, -0.15) is 0 Å². The second kappa shape index (κ2) is 7.66. The highest BCUT2D eigenvalue weighted by atomic mass is 32.2. The number of methoxy groups -OCH3 is 1. The maximum absolute atomic E-state index is 14.5. The highest BCUT2D eigenvalue weighted by molar-refractivity contribution is 7.84. The van der Waals surface area contributed by atoms with E-state index in [2.05, 4.69) is 9.71 Å². The second-order valence-electron chi connectivity index (χ2n) is 7.16. The van der Waals surface area contributed by atoms with Gasteiger partial charge in [0.25, 0.3) is 5.91 Å². The Morgan fingerprint density at radius 2 is 2.10 bits per heavy atom. The van der Waals surface area contributed by atoms with Crippen molar-refractivity contribution in [3.63, 3.8) is 0 Å². The molecule has 2 aromatic heterocycles. The van der Waals surface area contributed by atoms with E-state index < -0.39 is 22.7 Å². The fourth-order valence-corrected chi connectivity index (χ4v) is 4.63. The number of halogens is 1. The predicted molar refractivity (Wildman–Crippen MR) is 115 cm³/mol. The number of furan rings is 1. The van der Waals surface area contributed by atoms with E-state index in [1.54, 1.807) is 30.5 Å². The van der Waals surface area contributed by atoms with Crippen molar-refractivity contribution in [1.82, 2.24) is 9.71 Å². The summed E-state index contributed by atoms with van der Waals surface area (Å²) in [6.45, 7) is 1.72. The Balaban J connectivity index is 1.46. The Morgan fingerprint density at radius 1 is 1.26 bits per heavy atom. The minimum atomic E-state index is -1.98. The molecule has 0 radical (unpaired) electrons. The summed E-state index contributed by atoms with van der Waals surface area (Å²) >= 11 is 0. The van der Waals surface area contributed by atoms with Crippen LogP contribution in [0.15, 0.2) is 58.0 Å². The van der Waals surface area contributed by atoms with Gasteiger partial charge in [-0.1, -0.05) is 6.07 Å². The molecule has 1 aliphatic heterocycles. The topological polar surface area (TPSA) is 84.7 Å². The van der Waals surface area contributed by atoms with Crippen molar-refractivity contribution in [3.8, 4) is 5.75 Å². The Kier molecular flexibility index (Phi) is 4.82. The van der Waals surface area contributed by atoms with E-state index in [9.17, 15) is 13.4 Å². The van der Waals surface area contributed by atoms with Gasteiger partial charge < -0.3 is 14.1 Å². The van der Waals surface area contributed by atoms with Crippen molar-refractivity contribution in [3.05, 3.63) is 60.2 Å². The number of hydrogen-bond donors (Lipinski definition) is 1. The number of benzene rings is 2. The maximum atomic E-state index is 14.5. The van der Waals surface area contributed by atoms with E-state index in [1.807, 2.05) is 11.0 Å². The van der Waals surface area contributed by atoms with E-state index in [1.165, 1.54) is 19.2 Å². The van der Waals surface area contributed by atoms with Gasteiger partial charge in [-0.15, -0.1) is 0 Å². The van der Waals surface area contributed by atoms with Crippen molar-refractivity contribution >= 4 is 44.5 Å². The van der Waals surface area contributed by atoms with Crippen LogP contribution >= 0.6 is 0 Å². The highest BCUT2D eigenvalue weighted by Gasteiger charge is 2.23. The SMILES string of the molecule is COc1ccc2cccnc2c1S(=O)NC(=O)c1cc2c(F)cc(N3CCC3)cc2o1. The standard InChI is InChI=1S/C22H18FN3O4S/c1-29-17-6-5-13-4-2-7-24-20(13)21(17)31(28)25-22(27)19-12-15-16(23)10-14(11-18(15)30-19)26-8-3-9-26/h2,4-7,10-12H,3,8-9H2,1H3,(H,25,27). The summed E-state index contributed by atoms with van der Waals surface area (Å²) in [4.78, 5) is 19.3. The fraction of sp³-hybridized carbons (Fsp3) is 0.182. The number of hydrogen-bond acceptors (Lipinski definition) is 6. The molecule has 5 rings (SSSR count). The van der Waals surface area contributed by atoms with E-state index in [-0.39, 0.29) is 21.6 Å². The lowest BCUT2D eigenvalue weighted by Crippen LogP contribution is -2.36.